The minimum atomic E-state index is -0.856. The van der Waals surface area contributed by atoms with Crippen LogP contribution >= 0.6 is 11.3 Å². The molecule has 1 amide bonds. The largest absolute Gasteiger partial charge is 0.497 e. The number of aryl methyl sites for hydroxylation is 1. The topological polar surface area (TPSA) is 175 Å². The lowest BCUT2D eigenvalue weighted by atomic mass is 10.1. The Morgan fingerprint density at radius 1 is 0.984 bits per heavy atom. The van der Waals surface area contributed by atoms with Crippen molar-refractivity contribution in [1.29, 1.82) is 0 Å². The number of anilines is 1. The van der Waals surface area contributed by atoms with Gasteiger partial charge < -0.3 is 44.0 Å². The fourth-order valence-corrected chi connectivity index (χ4v) is 9.57. The molecule has 7 heterocycles. The number of aromatic nitrogens is 6. The van der Waals surface area contributed by atoms with E-state index in [9.17, 15) is 14.7 Å². The minimum absolute atomic E-state index is 0.112. The molecule has 2 bridgehead atoms. The molecule has 16 nitrogen and oxygen atoms in total. The summed E-state index contributed by atoms with van der Waals surface area (Å²) in [6.07, 6.45) is 7.69. The highest BCUT2D eigenvalue weighted by Crippen LogP contribution is 2.31. The third-order valence-corrected chi connectivity index (χ3v) is 12.8. The van der Waals surface area contributed by atoms with Crippen LogP contribution in [0.3, 0.4) is 0 Å². The van der Waals surface area contributed by atoms with Crippen LogP contribution in [-0.2, 0) is 47.4 Å². The van der Waals surface area contributed by atoms with Crippen molar-refractivity contribution in [3.05, 3.63) is 111 Å². The maximum absolute atomic E-state index is 13.4. The second-order valence-corrected chi connectivity index (χ2v) is 17.1. The fourth-order valence-electron chi connectivity index (χ4n) is 8.53. The van der Waals surface area contributed by atoms with E-state index in [2.05, 4.69) is 55.2 Å². The van der Waals surface area contributed by atoms with Crippen molar-refractivity contribution >= 4 is 55.2 Å². The van der Waals surface area contributed by atoms with Crippen molar-refractivity contribution < 1.29 is 24.1 Å². The quantitative estimate of drug-likeness (QED) is 0.0685. The number of aliphatic hydroxyl groups excluding tert-OH is 1. The summed E-state index contributed by atoms with van der Waals surface area (Å²) in [6, 6.07) is 21.4. The van der Waals surface area contributed by atoms with Gasteiger partial charge in [-0.3, -0.25) is 14.9 Å². The number of benzene rings is 2. The molecule has 62 heavy (non-hydrogen) atoms. The van der Waals surface area contributed by atoms with Gasteiger partial charge in [-0.05, 0) is 66.8 Å². The number of fused-ring (bicyclic) bond motifs is 6. The van der Waals surface area contributed by atoms with Gasteiger partial charge in [0.05, 0.1) is 51.0 Å². The number of aliphatic hydroxyl groups is 1. The number of thiazole rings is 1. The van der Waals surface area contributed by atoms with Gasteiger partial charge in [0.2, 0.25) is 5.91 Å². The van der Waals surface area contributed by atoms with Gasteiger partial charge in [-0.25, -0.2) is 14.6 Å². The number of hydrogen-bond donors (Lipinski definition) is 4. The second-order valence-electron chi connectivity index (χ2n) is 16.0. The number of nitrogens with one attached hydrogen (secondary N) is 3. The Bertz CT molecular complexity index is 2720. The van der Waals surface area contributed by atoms with E-state index in [-0.39, 0.29) is 18.0 Å². The van der Waals surface area contributed by atoms with E-state index in [1.165, 1.54) is 40.1 Å². The van der Waals surface area contributed by atoms with Gasteiger partial charge in [0.25, 0.3) is 5.56 Å². The van der Waals surface area contributed by atoms with Gasteiger partial charge in [0.15, 0.2) is 5.65 Å². The normalized spacial score (nSPS) is 16.8. The van der Waals surface area contributed by atoms with E-state index in [4.69, 9.17) is 19.2 Å². The number of carbonyl (C=O) groups is 1. The zero-order chi connectivity index (χ0) is 42.6. The molecular formula is C45H52N10O6S. The number of hydrogen-bond acceptors (Lipinski definition) is 13. The first-order chi connectivity index (χ1) is 30.3. The molecule has 0 spiro atoms. The van der Waals surface area contributed by atoms with Crippen LogP contribution in [0.5, 0.6) is 5.75 Å². The smallest absolute Gasteiger partial charge is 0.291 e. The Labute approximate surface area is 362 Å². The summed E-state index contributed by atoms with van der Waals surface area (Å²) < 4.78 is 22.8. The maximum Gasteiger partial charge on any atom is 0.291 e. The number of pyridine rings is 1. The van der Waals surface area contributed by atoms with Crippen LogP contribution in [0.1, 0.15) is 40.8 Å². The first-order valence-electron chi connectivity index (χ1n) is 21.1. The van der Waals surface area contributed by atoms with E-state index >= 15 is 0 Å². The summed E-state index contributed by atoms with van der Waals surface area (Å²) in [5.41, 5.74) is 5.85. The van der Waals surface area contributed by atoms with Crippen LogP contribution in [0.2, 0.25) is 0 Å². The van der Waals surface area contributed by atoms with Gasteiger partial charge in [-0.15, -0.1) is 11.3 Å². The first-order valence-corrected chi connectivity index (χ1v) is 22.0. The number of methoxy groups -OCH3 is 1. The minimum Gasteiger partial charge on any atom is -0.497 e. The Morgan fingerprint density at radius 2 is 1.81 bits per heavy atom. The van der Waals surface area contributed by atoms with Gasteiger partial charge >= 0.3 is 0 Å². The van der Waals surface area contributed by atoms with Gasteiger partial charge in [-0.2, -0.15) is 5.10 Å². The highest BCUT2D eigenvalue weighted by Gasteiger charge is 2.32. The fraction of sp³-hybridized carbons (Fsp3) is 0.400. The predicted octanol–water partition coefficient (Wildman–Crippen LogP) is 3.86. The summed E-state index contributed by atoms with van der Waals surface area (Å²) in [5, 5.41) is 27.5. The van der Waals surface area contributed by atoms with E-state index in [0.29, 0.717) is 80.5 Å². The van der Waals surface area contributed by atoms with Crippen molar-refractivity contribution in [1.82, 2.24) is 44.8 Å². The number of ether oxygens (including phenoxy) is 3. The molecule has 1 unspecified atom stereocenters. The predicted molar refractivity (Wildman–Crippen MR) is 239 cm³/mol. The number of carbonyl (C=O) groups excluding carboxylic acids is 1. The maximum atomic E-state index is 13.4. The third kappa shape index (κ3) is 9.23. The van der Waals surface area contributed by atoms with Crippen LogP contribution in [-0.4, -0.2) is 105 Å². The number of piperazine rings is 1. The highest BCUT2D eigenvalue weighted by atomic mass is 32.1. The van der Waals surface area contributed by atoms with E-state index in [1.54, 1.807) is 24.1 Å². The average molecular weight is 861 g/mol. The lowest BCUT2D eigenvalue weighted by molar-refractivity contribution is -0.121. The molecule has 324 valence electrons. The van der Waals surface area contributed by atoms with Crippen LogP contribution in [0.25, 0.3) is 32.3 Å². The average Bonchev–Trinajstić information content (AvgIpc) is 4.05. The van der Waals surface area contributed by atoms with E-state index in [0.717, 1.165) is 51.3 Å². The van der Waals surface area contributed by atoms with Crippen molar-refractivity contribution in [2.45, 2.75) is 57.3 Å². The van der Waals surface area contributed by atoms with Crippen molar-refractivity contribution in [2.24, 2.45) is 7.05 Å². The molecule has 7 aromatic rings. The lowest BCUT2D eigenvalue weighted by Gasteiger charge is -2.34. The molecule has 0 saturated carbocycles. The number of nitrogens with zero attached hydrogens (tertiary/aromatic N) is 7. The lowest BCUT2D eigenvalue weighted by Crippen LogP contribution is -2.51. The van der Waals surface area contributed by atoms with Gasteiger partial charge in [0, 0.05) is 79.7 Å². The summed E-state index contributed by atoms with van der Waals surface area (Å²) in [4.78, 5) is 38.0. The molecule has 3 atom stereocenters. The number of amides is 1. The molecule has 0 aliphatic carbocycles. The van der Waals surface area contributed by atoms with Crippen molar-refractivity contribution in [2.75, 3.05) is 58.0 Å². The second kappa shape index (κ2) is 18.7. The molecule has 2 aromatic carbocycles. The van der Waals surface area contributed by atoms with E-state index in [1.807, 2.05) is 54.2 Å². The van der Waals surface area contributed by atoms with Crippen LogP contribution < -0.4 is 31.1 Å². The summed E-state index contributed by atoms with van der Waals surface area (Å²) in [6.45, 7) is 4.93. The molecule has 2 aliphatic heterocycles. The third-order valence-electron chi connectivity index (χ3n) is 11.7. The van der Waals surface area contributed by atoms with E-state index < -0.39 is 6.23 Å². The molecule has 9 rings (SSSR count). The van der Waals surface area contributed by atoms with Crippen LogP contribution in [0, 0.1) is 0 Å². The summed E-state index contributed by atoms with van der Waals surface area (Å²) >= 11 is 1.48. The number of rotatable bonds is 19. The first kappa shape index (κ1) is 41.7. The Kier molecular flexibility index (Phi) is 12.6. The van der Waals surface area contributed by atoms with Crippen molar-refractivity contribution in [3.8, 4) is 5.75 Å². The monoisotopic (exact) mass is 860 g/mol. The van der Waals surface area contributed by atoms with Gasteiger partial charge in [-0.1, -0.05) is 24.3 Å². The molecular weight excluding hydrogens is 809 g/mol. The Hall–Kier alpha value is -5.69. The van der Waals surface area contributed by atoms with Gasteiger partial charge in [0.1, 0.15) is 34.7 Å². The molecule has 17 heteroatoms. The standard InChI is InChI=1S/C45H52N10O6S/c1-52-40-37(23-49-55(45(40)58)24-30-4-3-5-36(20-30)59-2)41-43(52)51-39(62-41)28-61-19-18-60-17-15-46-38(56)27-53-16-13-31-21-32(22-48-42(31)53)44(57)47-14-12-29-6-10-35(11-7-29)54-25-33-8-9-34(26-54)50-33/h3-7,10-11,13,16,20-23,33-34,44,47,50,57H,8-9,12,14-15,17-19,24-28H2,1-2H3,(H,46,56)/t33-,34+,44?. The zero-order valence-corrected chi connectivity index (χ0v) is 35.8. The van der Waals surface area contributed by atoms with Crippen LogP contribution in [0.4, 0.5) is 5.69 Å². The molecule has 2 saturated heterocycles. The Morgan fingerprint density at radius 3 is 2.63 bits per heavy atom. The van der Waals surface area contributed by atoms with Crippen LogP contribution in [0.15, 0.2) is 84.0 Å². The summed E-state index contributed by atoms with van der Waals surface area (Å²) in [5.74, 6) is 0.571. The molecule has 2 aliphatic rings. The molecule has 5 aromatic heterocycles. The van der Waals surface area contributed by atoms with Crippen molar-refractivity contribution in [3.63, 3.8) is 0 Å². The molecule has 0 radical (unpaired) electrons. The molecule has 2 fully saturated rings. The summed E-state index contributed by atoms with van der Waals surface area (Å²) in [7, 11) is 3.46. The Balaban J connectivity index is 0.668. The highest BCUT2D eigenvalue weighted by molar-refractivity contribution is 7.19. The SMILES string of the molecule is COc1cccc(Cn2ncc3c4sc(COCCOCCNC(=O)Cn5ccc6cc(C(O)NCCc7ccc(N8C[C@H]9CC[C@@H](C8)N9)cc7)cnc65)nc4n(C)c3c2=O)c1. The molecule has 4 N–H and O–H groups in total. The zero-order valence-electron chi connectivity index (χ0n) is 35.0.